The summed E-state index contributed by atoms with van der Waals surface area (Å²) in [6, 6.07) is 12.3. The number of anilines is 1. The third-order valence-electron chi connectivity index (χ3n) is 5.02. The Kier molecular flexibility index (Phi) is 6.49. The number of aliphatic carboxylic acids is 1. The number of hydrogen-bond acceptors (Lipinski definition) is 4. The molecule has 2 aromatic carbocycles. The molecule has 4 rings (SSSR count). The maximum Gasteiger partial charge on any atom is 0.490 e. The lowest BCUT2D eigenvalue weighted by molar-refractivity contribution is -0.192. The Morgan fingerprint density at radius 1 is 1.16 bits per heavy atom. The zero-order valence-electron chi connectivity index (χ0n) is 16.9. The van der Waals surface area contributed by atoms with Crippen molar-refractivity contribution in [2.24, 2.45) is 0 Å². The Morgan fingerprint density at radius 2 is 1.78 bits per heavy atom. The van der Waals surface area contributed by atoms with Crippen molar-refractivity contribution in [1.29, 1.82) is 0 Å². The van der Waals surface area contributed by atoms with Gasteiger partial charge in [-0.05, 0) is 42.3 Å². The number of nitrogens with zero attached hydrogens (tertiary/aromatic N) is 1. The Hall–Kier alpha value is -3.47. The zero-order chi connectivity index (χ0) is 23.5. The molecule has 7 nitrogen and oxygen atoms in total. The van der Waals surface area contributed by atoms with E-state index in [-0.39, 0.29) is 17.1 Å². The van der Waals surface area contributed by atoms with Gasteiger partial charge in [0.1, 0.15) is 5.82 Å². The number of carboxylic acids is 1. The number of imidazole rings is 1. The first kappa shape index (κ1) is 23.2. The summed E-state index contributed by atoms with van der Waals surface area (Å²) in [6.45, 7) is 3.41. The fraction of sp³-hybridized carbons (Fsp3) is 0.286. The van der Waals surface area contributed by atoms with Crippen LogP contribution in [0.5, 0.6) is 0 Å². The minimum Gasteiger partial charge on any atom is -0.475 e. The van der Waals surface area contributed by atoms with E-state index < -0.39 is 12.1 Å². The highest BCUT2D eigenvalue weighted by Gasteiger charge is 2.40. The number of benzene rings is 2. The maximum absolute atomic E-state index is 13.2. The Bertz CT molecular complexity index is 1120. The molecule has 0 aliphatic carbocycles. The molecular formula is C21H20F4N4O3. The predicted octanol–water partition coefficient (Wildman–Crippen LogP) is 3.51. The van der Waals surface area contributed by atoms with Gasteiger partial charge in [0.15, 0.2) is 0 Å². The summed E-state index contributed by atoms with van der Waals surface area (Å²) in [5.74, 6) is -2.69. The lowest BCUT2D eigenvalue weighted by Gasteiger charge is -2.42. The smallest absolute Gasteiger partial charge is 0.475 e. The van der Waals surface area contributed by atoms with Gasteiger partial charge in [-0.25, -0.2) is 14.2 Å². The average molecular weight is 452 g/mol. The van der Waals surface area contributed by atoms with Gasteiger partial charge in [-0.2, -0.15) is 13.2 Å². The highest BCUT2D eigenvalue weighted by atomic mass is 19.4. The van der Waals surface area contributed by atoms with Crippen LogP contribution in [0.15, 0.2) is 42.5 Å². The van der Waals surface area contributed by atoms with Gasteiger partial charge in [0.25, 0.3) is 0 Å². The monoisotopic (exact) mass is 452 g/mol. The molecule has 0 radical (unpaired) electrons. The van der Waals surface area contributed by atoms with Crippen molar-refractivity contribution in [1.82, 2.24) is 15.3 Å². The van der Waals surface area contributed by atoms with E-state index in [0.29, 0.717) is 25.5 Å². The summed E-state index contributed by atoms with van der Waals surface area (Å²) in [4.78, 5) is 29.0. The van der Waals surface area contributed by atoms with E-state index in [1.165, 1.54) is 12.1 Å². The van der Waals surface area contributed by atoms with Gasteiger partial charge in [0, 0.05) is 24.9 Å². The summed E-state index contributed by atoms with van der Waals surface area (Å²) in [6.07, 6.45) is -4.76. The molecule has 3 aromatic rings. The molecule has 170 valence electrons. The van der Waals surface area contributed by atoms with Crippen molar-refractivity contribution in [2.45, 2.75) is 24.9 Å². The molecule has 0 unspecified atom stereocenters. The first-order valence-electron chi connectivity index (χ1n) is 9.52. The number of aryl methyl sites for hydroxylation is 1. The average Bonchev–Trinajstić information content (AvgIpc) is 3.06. The van der Waals surface area contributed by atoms with Crippen LogP contribution in [0.3, 0.4) is 0 Å². The van der Waals surface area contributed by atoms with E-state index in [0.717, 1.165) is 22.2 Å². The lowest BCUT2D eigenvalue weighted by atomic mass is 9.72. The molecule has 1 amide bonds. The molecule has 1 aliphatic rings. The lowest BCUT2D eigenvalue weighted by Crippen LogP contribution is -2.58. The van der Waals surface area contributed by atoms with Crippen LogP contribution >= 0.6 is 0 Å². The molecule has 1 aliphatic heterocycles. The minimum absolute atomic E-state index is 0.110. The minimum atomic E-state index is -5.08. The van der Waals surface area contributed by atoms with Gasteiger partial charge < -0.3 is 15.4 Å². The third-order valence-corrected chi connectivity index (χ3v) is 5.02. The number of fused-ring (bicyclic) bond motifs is 1. The number of nitrogens with one attached hydrogen (secondary N) is 3. The number of rotatable bonds is 4. The molecule has 1 saturated heterocycles. The fourth-order valence-electron chi connectivity index (χ4n) is 3.33. The van der Waals surface area contributed by atoms with Crippen molar-refractivity contribution in [3.05, 3.63) is 59.4 Å². The molecule has 2 heterocycles. The van der Waals surface area contributed by atoms with E-state index in [1.54, 1.807) is 12.1 Å². The van der Waals surface area contributed by atoms with Crippen molar-refractivity contribution in [3.63, 3.8) is 0 Å². The summed E-state index contributed by atoms with van der Waals surface area (Å²) >= 11 is 0. The number of carbonyl (C=O) groups is 2. The first-order chi connectivity index (χ1) is 15.0. The Morgan fingerprint density at radius 3 is 2.31 bits per heavy atom. The fourth-order valence-corrected chi connectivity index (χ4v) is 3.33. The number of H-pyrrole nitrogens is 1. The van der Waals surface area contributed by atoms with Crippen LogP contribution in [0.1, 0.15) is 17.5 Å². The van der Waals surface area contributed by atoms with Crippen molar-refractivity contribution >= 4 is 28.9 Å². The largest absolute Gasteiger partial charge is 0.490 e. The van der Waals surface area contributed by atoms with E-state index in [2.05, 4.69) is 20.6 Å². The van der Waals surface area contributed by atoms with Gasteiger partial charge >= 0.3 is 12.1 Å². The van der Waals surface area contributed by atoms with Gasteiger partial charge in [-0.1, -0.05) is 18.2 Å². The van der Waals surface area contributed by atoms with E-state index in [4.69, 9.17) is 9.90 Å². The summed E-state index contributed by atoms with van der Waals surface area (Å²) < 4.78 is 44.9. The number of carbonyl (C=O) groups excluding carboxylic acids is 1. The van der Waals surface area contributed by atoms with Crippen LogP contribution < -0.4 is 10.6 Å². The second kappa shape index (κ2) is 8.95. The van der Waals surface area contributed by atoms with Crippen molar-refractivity contribution in [2.75, 3.05) is 18.4 Å². The second-order valence-electron chi connectivity index (χ2n) is 7.52. The van der Waals surface area contributed by atoms with Gasteiger partial charge in [0.05, 0.1) is 11.0 Å². The molecule has 4 N–H and O–H groups in total. The summed E-state index contributed by atoms with van der Waals surface area (Å²) in [7, 11) is 0. The third kappa shape index (κ3) is 5.41. The number of amides is 1. The van der Waals surface area contributed by atoms with E-state index >= 15 is 0 Å². The maximum atomic E-state index is 13.2. The van der Waals surface area contributed by atoms with Gasteiger partial charge in [-0.3, -0.25) is 10.1 Å². The zero-order valence-corrected chi connectivity index (χ0v) is 16.9. The number of carboxylic acid groups (broad SMARTS) is 1. The number of alkyl halides is 3. The van der Waals surface area contributed by atoms with Crippen LogP contribution in [-0.2, 0) is 15.0 Å². The molecule has 0 atom stereocenters. The van der Waals surface area contributed by atoms with Crippen LogP contribution in [0.2, 0.25) is 0 Å². The number of aromatic nitrogens is 2. The number of hydrogen-bond donors (Lipinski definition) is 4. The molecule has 11 heteroatoms. The SMILES string of the molecule is Cc1ccc2nc(NC(=O)CC3(c4ccc(F)cc4)CNC3)[nH]c2c1.O=C(O)C(F)(F)F. The van der Waals surface area contributed by atoms with Crippen LogP contribution in [-0.4, -0.2) is 46.2 Å². The number of halogens is 4. The molecule has 0 saturated carbocycles. The van der Waals surface area contributed by atoms with Crippen LogP contribution in [0, 0.1) is 12.7 Å². The van der Waals surface area contributed by atoms with Crippen LogP contribution in [0.25, 0.3) is 11.0 Å². The summed E-state index contributed by atoms with van der Waals surface area (Å²) in [5.41, 5.74) is 3.53. The summed E-state index contributed by atoms with van der Waals surface area (Å²) in [5, 5.41) is 13.2. The molecule has 1 aromatic heterocycles. The topological polar surface area (TPSA) is 107 Å². The van der Waals surface area contributed by atoms with Gasteiger partial charge in [-0.15, -0.1) is 0 Å². The highest BCUT2D eigenvalue weighted by molar-refractivity contribution is 5.92. The van der Waals surface area contributed by atoms with E-state index in [9.17, 15) is 22.4 Å². The van der Waals surface area contributed by atoms with Crippen LogP contribution in [0.4, 0.5) is 23.5 Å². The van der Waals surface area contributed by atoms with Crippen molar-refractivity contribution in [3.8, 4) is 0 Å². The first-order valence-corrected chi connectivity index (χ1v) is 9.52. The Balaban J connectivity index is 0.000000360. The standard InChI is InChI=1S/C19H19FN4O.C2HF3O2/c1-12-2-7-15-16(8-12)23-18(22-15)24-17(25)9-19(10-21-11-19)13-3-5-14(20)6-4-13;3-2(4,5)1(6)7/h2-8,21H,9-11H2,1H3,(H2,22,23,24,25);(H,6,7). The molecule has 1 fully saturated rings. The highest BCUT2D eigenvalue weighted by Crippen LogP contribution is 2.32. The second-order valence-corrected chi connectivity index (χ2v) is 7.52. The normalized spacial score (nSPS) is 14.8. The number of aromatic amines is 1. The van der Waals surface area contributed by atoms with Crippen molar-refractivity contribution < 1.29 is 32.3 Å². The molecular weight excluding hydrogens is 432 g/mol. The Labute approximate surface area is 179 Å². The predicted molar refractivity (Wildman–Crippen MR) is 109 cm³/mol. The molecule has 32 heavy (non-hydrogen) atoms. The van der Waals surface area contributed by atoms with Gasteiger partial charge in [0.2, 0.25) is 11.9 Å². The molecule has 0 bridgehead atoms. The quantitative estimate of drug-likeness (QED) is 0.453. The van der Waals surface area contributed by atoms with E-state index in [1.807, 2.05) is 25.1 Å². The molecule has 0 spiro atoms.